The third-order valence-corrected chi connectivity index (χ3v) is 4.56. The third kappa shape index (κ3) is 6.24. The van der Waals surface area contributed by atoms with Gasteiger partial charge >= 0.3 is 0 Å². The van der Waals surface area contributed by atoms with E-state index in [1.165, 1.54) is 11.1 Å². The van der Waals surface area contributed by atoms with Gasteiger partial charge in [-0.05, 0) is 40.7 Å². The van der Waals surface area contributed by atoms with E-state index in [9.17, 15) is 9.59 Å². The number of nitrogens with zero attached hydrogens (tertiary/aromatic N) is 1. The molecular formula is C23H30N2O2. The summed E-state index contributed by atoms with van der Waals surface area (Å²) in [5.74, 6) is 0.00593. The average Bonchev–Trinajstić information content (AvgIpc) is 2.64. The van der Waals surface area contributed by atoms with Crippen LogP contribution in [0.2, 0.25) is 0 Å². The Balaban J connectivity index is 1.80. The molecule has 0 aliphatic rings. The summed E-state index contributed by atoms with van der Waals surface area (Å²) in [4.78, 5) is 25.5. The molecule has 0 fully saturated rings. The number of nitrogens with one attached hydrogen (secondary N) is 1. The lowest BCUT2D eigenvalue weighted by molar-refractivity contribution is -0.121. The molecule has 27 heavy (non-hydrogen) atoms. The molecule has 0 aromatic heterocycles. The maximum absolute atomic E-state index is 12.1. The van der Waals surface area contributed by atoms with E-state index in [4.69, 9.17) is 0 Å². The maximum Gasteiger partial charge on any atom is 0.253 e. The molecule has 0 bridgehead atoms. The predicted octanol–water partition coefficient (Wildman–Crippen LogP) is 3.93. The van der Waals surface area contributed by atoms with E-state index < -0.39 is 0 Å². The van der Waals surface area contributed by atoms with Gasteiger partial charge in [-0.3, -0.25) is 9.59 Å². The largest absolute Gasteiger partial charge is 0.352 e. The van der Waals surface area contributed by atoms with E-state index in [-0.39, 0.29) is 17.2 Å². The number of hydrogen-bond acceptors (Lipinski definition) is 2. The Kier molecular flexibility index (Phi) is 6.78. The zero-order chi connectivity index (χ0) is 20.0. The van der Waals surface area contributed by atoms with Crippen molar-refractivity contribution in [1.29, 1.82) is 0 Å². The molecule has 1 N–H and O–H groups in total. The lowest BCUT2D eigenvalue weighted by Gasteiger charge is -2.19. The maximum atomic E-state index is 12.1. The summed E-state index contributed by atoms with van der Waals surface area (Å²) >= 11 is 0. The van der Waals surface area contributed by atoms with E-state index in [1.54, 1.807) is 31.1 Å². The van der Waals surface area contributed by atoms with Crippen molar-refractivity contribution in [2.24, 2.45) is 0 Å². The molecule has 4 heteroatoms. The van der Waals surface area contributed by atoms with Crippen molar-refractivity contribution in [3.63, 3.8) is 0 Å². The Morgan fingerprint density at radius 3 is 1.96 bits per heavy atom. The van der Waals surface area contributed by atoms with Gasteiger partial charge in [-0.1, -0.05) is 57.2 Å². The highest BCUT2D eigenvalue weighted by molar-refractivity contribution is 5.93. The van der Waals surface area contributed by atoms with E-state index >= 15 is 0 Å². The number of rotatable bonds is 6. The minimum atomic E-state index is -0.0249. The van der Waals surface area contributed by atoms with Crippen LogP contribution < -0.4 is 5.32 Å². The molecule has 2 aromatic rings. The summed E-state index contributed by atoms with van der Waals surface area (Å²) in [5.41, 5.74) is 4.24. The molecular weight excluding hydrogens is 336 g/mol. The van der Waals surface area contributed by atoms with Crippen molar-refractivity contribution in [3.05, 3.63) is 70.8 Å². The Morgan fingerprint density at radius 2 is 1.44 bits per heavy atom. The van der Waals surface area contributed by atoms with Crippen molar-refractivity contribution in [2.45, 2.75) is 45.6 Å². The molecule has 2 aromatic carbocycles. The highest BCUT2D eigenvalue weighted by Crippen LogP contribution is 2.22. The van der Waals surface area contributed by atoms with Crippen molar-refractivity contribution < 1.29 is 9.59 Å². The summed E-state index contributed by atoms with van der Waals surface area (Å²) in [7, 11) is 3.46. The average molecular weight is 367 g/mol. The van der Waals surface area contributed by atoms with Crippen molar-refractivity contribution in [3.8, 4) is 0 Å². The molecule has 0 heterocycles. The Bertz CT molecular complexity index is 770. The minimum absolute atomic E-state index is 0.0249. The zero-order valence-corrected chi connectivity index (χ0v) is 17.0. The number of hydrogen-bond donors (Lipinski definition) is 1. The van der Waals surface area contributed by atoms with Crippen LogP contribution in [0.25, 0.3) is 0 Å². The van der Waals surface area contributed by atoms with Crippen LogP contribution in [0.3, 0.4) is 0 Å². The summed E-state index contributed by atoms with van der Waals surface area (Å²) in [6.07, 6.45) is 1.19. The molecule has 0 atom stereocenters. The molecule has 2 amide bonds. The third-order valence-electron chi connectivity index (χ3n) is 4.56. The Labute approximate surface area is 162 Å². The van der Waals surface area contributed by atoms with Crippen LogP contribution in [-0.4, -0.2) is 30.8 Å². The summed E-state index contributed by atoms with van der Waals surface area (Å²) < 4.78 is 0. The van der Waals surface area contributed by atoms with E-state index in [2.05, 4.69) is 50.4 Å². The number of benzene rings is 2. The van der Waals surface area contributed by atoms with Crippen LogP contribution in [0.1, 0.15) is 54.2 Å². The first-order chi connectivity index (χ1) is 12.7. The number of carbonyl (C=O) groups excluding carboxylic acids is 2. The fraction of sp³-hybridized carbons (Fsp3) is 0.391. The first-order valence-electron chi connectivity index (χ1n) is 9.33. The van der Waals surface area contributed by atoms with Crippen LogP contribution in [0.5, 0.6) is 0 Å². The van der Waals surface area contributed by atoms with Gasteiger partial charge in [-0.2, -0.15) is 0 Å². The topological polar surface area (TPSA) is 49.4 Å². The van der Waals surface area contributed by atoms with Crippen LogP contribution >= 0.6 is 0 Å². The quantitative estimate of drug-likeness (QED) is 0.842. The monoisotopic (exact) mass is 366 g/mol. The Hall–Kier alpha value is -2.62. The molecule has 0 spiro atoms. The highest BCUT2D eigenvalue weighted by atomic mass is 16.2. The summed E-state index contributed by atoms with van der Waals surface area (Å²) in [6.45, 7) is 7.05. The van der Waals surface area contributed by atoms with E-state index in [0.717, 1.165) is 12.0 Å². The minimum Gasteiger partial charge on any atom is -0.352 e. The normalized spacial score (nSPS) is 11.1. The second kappa shape index (κ2) is 8.85. The summed E-state index contributed by atoms with van der Waals surface area (Å²) in [5, 5.41) is 2.94. The van der Waals surface area contributed by atoms with Gasteiger partial charge in [0.15, 0.2) is 0 Å². The molecule has 0 aliphatic carbocycles. The van der Waals surface area contributed by atoms with Crippen LogP contribution in [0.4, 0.5) is 0 Å². The van der Waals surface area contributed by atoms with Gasteiger partial charge in [0.25, 0.3) is 5.91 Å². The first kappa shape index (κ1) is 20.7. The second-order valence-corrected chi connectivity index (χ2v) is 8.12. The predicted molar refractivity (Wildman–Crippen MR) is 110 cm³/mol. The lowest BCUT2D eigenvalue weighted by Crippen LogP contribution is -2.23. The van der Waals surface area contributed by atoms with Crippen LogP contribution in [-0.2, 0) is 23.2 Å². The molecule has 144 valence electrons. The fourth-order valence-corrected chi connectivity index (χ4v) is 2.74. The van der Waals surface area contributed by atoms with Gasteiger partial charge in [0.2, 0.25) is 5.91 Å². The Morgan fingerprint density at radius 1 is 0.889 bits per heavy atom. The lowest BCUT2D eigenvalue weighted by atomic mass is 9.86. The van der Waals surface area contributed by atoms with E-state index in [0.29, 0.717) is 18.5 Å². The summed E-state index contributed by atoms with van der Waals surface area (Å²) in [6, 6.07) is 15.8. The zero-order valence-electron chi connectivity index (χ0n) is 17.0. The number of aryl methyl sites for hydroxylation is 1. The van der Waals surface area contributed by atoms with Gasteiger partial charge in [0, 0.05) is 32.6 Å². The molecule has 0 aliphatic heterocycles. The molecule has 0 unspecified atom stereocenters. The van der Waals surface area contributed by atoms with E-state index in [1.807, 2.05) is 12.1 Å². The van der Waals surface area contributed by atoms with Crippen molar-refractivity contribution in [2.75, 3.05) is 14.1 Å². The van der Waals surface area contributed by atoms with Gasteiger partial charge in [-0.25, -0.2) is 0 Å². The van der Waals surface area contributed by atoms with Gasteiger partial charge in [0.1, 0.15) is 0 Å². The van der Waals surface area contributed by atoms with Crippen LogP contribution in [0, 0.1) is 0 Å². The SMILES string of the molecule is CN(C)C(=O)c1ccc(CNC(=O)CCc2ccc(C(C)(C)C)cc2)cc1. The molecule has 0 saturated carbocycles. The second-order valence-electron chi connectivity index (χ2n) is 8.12. The number of amides is 2. The fourth-order valence-electron chi connectivity index (χ4n) is 2.74. The van der Waals surface area contributed by atoms with Crippen LogP contribution in [0.15, 0.2) is 48.5 Å². The van der Waals surface area contributed by atoms with Gasteiger partial charge < -0.3 is 10.2 Å². The first-order valence-corrected chi connectivity index (χ1v) is 9.33. The molecule has 0 radical (unpaired) electrons. The van der Waals surface area contributed by atoms with Crippen molar-refractivity contribution >= 4 is 11.8 Å². The molecule has 0 saturated heterocycles. The standard InChI is InChI=1S/C23H30N2O2/c1-23(2,3)20-13-8-17(9-14-20)10-15-21(26)24-16-18-6-11-19(12-7-18)22(27)25(4)5/h6-9,11-14H,10,15-16H2,1-5H3,(H,24,26). The van der Waals surface area contributed by atoms with Crippen molar-refractivity contribution in [1.82, 2.24) is 10.2 Å². The van der Waals surface area contributed by atoms with Gasteiger partial charge in [0.05, 0.1) is 0 Å². The highest BCUT2D eigenvalue weighted by Gasteiger charge is 2.13. The molecule has 4 nitrogen and oxygen atoms in total. The smallest absolute Gasteiger partial charge is 0.253 e. The van der Waals surface area contributed by atoms with Gasteiger partial charge in [-0.15, -0.1) is 0 Å². The number of carbonyl (C=O) groups is 2. The molecule has 2 rings (SSSR count).